The van der Waals surface area contributed by atoms with Crippen LogP contribution in [0.3, 0.4) is 0 Å². The van der Waals surface area contributed by atoms with Gasteiger partial charge in [0, 0.05) is 29.2 Å². The number of hydrogen-bond donors (Lipinski definition) is 4. The fourth-order valence-corrected chi connectivity index (χ4v) is 4.68. The van der Waals surface area contributed by atoms with Crippen molar-refractivity contribution in [2.45, 2.75) is 13.1 Å². The minimum Gasteiger partial charge on any atom is -0.505 e. The highest BCUT2D eigenvalue weighted by atomic mass is 19.4. The summed E-state index contributed by atoms with van der Waals surface area (Å²) in [7, 11) is 1.36. The highest BCUT2D eigenvalue weighted by Gasteiger charge is 2.33. The average Bonchev–Trinajstić information content (AvgIpc) is 3.04. The summed E-state index contributed by atoms with van der Waals surface area (Å²) in [5.41, 5.74) is -0.649. The minimum absolute atomic E-state index is 0.0295. The highest BCUT2D eigenvalue weighted by molar-refractivity contribution is 6.12. The third-order valence-electron chi connectivity index (χ3n) is 6.88. The topological polar surface area (TPSA) is 141 Å². The van der Waals surface area contributed by atoms with Crippen LogP contribution in [0, 0.1) is 0 Å². The summed E-state index contributed by atoms with van der Waals surface area (Å²) in [6.07, 6.45) is -4.68. The number of azo groups is 1. The molecule has 3 amide bonds. The fraction of sp³-hybridized carbons (Fsp3) is 0.0882. The standard InChI is InChI=1S/C34H26F3N5O5/c1-19(43)38-22-12-14-23(15-13-22)39-33(46)25-17-20-7-3-4-8-24(20)30(31(25)44)42-41-28-18-21(11-16-29(28)47-2)32(45)40-27-10-6-5-9-26(27)34(35,36)37/h3-18,44H,1-2H3,(H,38,43)(H,39,46)(H,40,45). The number of anilines is 3. The van der Waals surface area contributed by atoms with Crippen molar-refractivity contribution >= 4 is 56.9 Å². The van der Waals surface area contributed by atoms with Crippen LogP contribution >= 0.6 is 0 Å². The van der Waals surface area contributed by atoms with Crippen LogP contribution in [-0.2, 0) is 11.0 Å². The lowest BCUT2D eigenvalue weighted by Crippen LogP contribution is -2.16. The predicted molar refractivity (Wildman–Crippen MR) is 171 cm³/mol. The van der Waals surface area contributed by atoms with Crippen LogP contribution in [0.1, 0.15) is 33.2 Å². The quantitative estimate of drug-likeness (QED) is 0.126. The summed E-state index contributed by atoms with van der Waals surface area (Å²) < 4.78 is 45.7. The van der Waals surface area contributed by atoms with Crippen molar-refractivity contribution < 1.29 is 37.4 Å². The number of rotatable bonds is 8. The summed E-state index contributed by atoms with van der Waals surface area (Å²) in [6.45, 7) is 1.37. The molecule has 0 aliphatic heterocycles. The van der Waals surface area contributed by atoms with E-state index in [2.05, 4.69) is 26.2 Å². The van der Waals surface area contributed by atoms with Crippen molar-refractivity contribution in [1.82, 2.24) is 0 Å². The Morgan fingerprint density at radius 1 is 0.766 bits per heavy atom. The first-order chi connectivity index (χ1) is 22.4. The zero-order valence-corrected chi connectivity index (χ0v) is 24.8. The molecule has 0 atom stereocenters. The molecule has 5 aromatic rings. The molecule has 5 rings (SSSR count). The van der Waals surface area contributed by atoms with E-state index in [9.17, 15) is 32.7 Å². The number of aromatic hydroxyl groups is 1. The zero-order chi connectivity index (χ0) is 33.7. The molecule has 0 saturated carbocycles. The van der Waals surface area contributed by atoms with Crippen molar-refractivity contribution in [2.24, 2.45) is 10.2 Å². The number of alkyl halides is 3. The van der Waals surface area contributed by atoms with Gasteiger partial charge in [-0.05, 0) is 66.0 Å². The first kappa shape index (κ1) is 32.2. The first-order valence-corrected chi connectivity index (χ1v) is 14.0. The number of para-hydroxylation sites is 1. The number of halogens is 3. The van der Waals surface area contributed by atoms with Gasteiger partial charge in [0.05, 0.1) is 23.9 Å². The molecule has 0 spiro atoms. The van der Waals surface area contributed by atoms with Crippen LogP contribution in [0.5, 0.6) is 11.5 Å². The molecule has 0 heterocycles. The maximum absolute atomic E-state index is 13.5. The van der Waals surface area contributed by atoms with Gasteiger partial charge in [-0.1, -0.05) is 36.4 Å². The lowest BCUT2D eigenvalue weighted by atomic mass is 10.0. The van der Waals surface area contributed by atoms with E-state index in [0.29, 0.717) is 22.1 Å². The van der Waals surface area contributed by atoms with E-state index in [1.807, 2.05) is 0 Å². The second-order valence-corrected chi connectivity index (χ2v) is 10.1. The highest BCUT2D eigenvalue weighted by Crippen LogP contribution is 2.41. The number of fused-ring (bicyclic) bond motifs is 1. The lowest BCUT2D eigenvalue weighted by Gasteiger charge is -2.14. The molecule has 5 aromatic carbocycles. The van der Waals surface area contributed by atoms with Gasteiger partial charge < -0.3 is 25.8 Å². The Kier molecular flexibility index (Phi) is 9.17. The number of phenolic OH excluding ortho intramolecular Hbond substituents is 1. The minimum atomic E-state index is -4.68. The molecular weight excluding hydrogens is 615 g/mol. The van der Waals surface area contributed by atoms with Gasteiger partial charge >= 0.3 is 6.18 Å². The number of benzene rings is 5. The van der Waals surface area contributed by atoms with Crippen LogP contribution in [0.4, 0.5) is 41.6 Å². The third kappa shape index (κ3) is 7.36. The Labute approximate surface area is 265 Å². The van der Waals surface area contributed by atoms with E-state index in [4.69, 9.17) is 4.74 Å². The van der Waals surface area contributed by atoms with Crippen molar-refractivity contribution in [2.75, 3.05) is 23.1 Å². The van der Waals surface area contributed by atoms with Crippen LogP contribution in [-0.4, -0.2) is 29.9 Å². The van der Waals surface area contributed by atoms with Crippen LogP contribution in [0.15, 0.2) is 107 Å². The van der Waals surface area contributed by atoms with E-state index in [1.54, 1.807) is 48.5 Å². The summed E-state index contributed by atoms with van der Waals surface area (Å²) in [4.78, 5) is 37.6. The molecule has 0 bridgehead atoms. The molecule has 0 fully saturated rings. The lowest BCUT2D eigenvalue weighted by molar-refractivity contribution is -0.136. The monoisotopic (exact) mass is 641 g/mol. The van der Waals surface area contributed by atoms with Crippen molar-refractivity contribution in [3.8, 4) is 11.5 Å². The number of carbonyl (C=O) groups is 3. The molecule has 47 heavy (non-hydrogen) atoms. The normalized spacial score (nSPS) is 11.3. The van der Waals surface area contributed by atoms with Gasteiger partial charge in [-0.15, -0.1) is 10.2 Å². The molecule has 0 saturated heterocycles. The average molecular weight is 642 g/mol. The Balaban J connectivity index is 1.47. The Bertz CT molecular complexity index is 2030. The van der Waals surface area contributed by atoms with Crippen molar-refractivity contribution in [3.05, 3.63) is 114 Å². The number of nitrogens with zero attached hydrogens (tertiary/aromatic N) is 2. The van der Waals surface area contributed by atoms with E-state index < -0.39 is 35.0 Å². The van der Waals surface area contributed by atoms with Gasteiger partial charge in [0.15, 0.2) is 5.75 Å². The van der Waals surface area contributed by atoms with Gasteiger partial charge in [0.1, 0.15) is 17.1 Å². The van der Waals surface area contributed by atoms with Crippen LogP contribution in [0.25, 0.3) is 10.8 Å². The maximum Gasteiger partial charge on any atom is 0.418 e. The number of ether oxygens (including phenoxy) is 1. The zero-order valence-electron chi connectivity index (χ0n) is 24.8. The largest absolute Gasteiger partial charge is 0.505 e. The van der Waals surface area contributed by atoms with Gasteiger partial charge in [-0.3, -0.25) is 14.4 Å². The molecule has 0 aliphatic rings. The Morgan fingerprint density at radius 2 is 1.43 bits per heavy atom. The second-order valence-electron chi connectivity index (χ2n) is 10.1. The fourth-order valence-electron chi connectivity index (χ4n) is 4.68. The number of amides is 3. The SMILES string of the molecule is COc1ccc(C(=O)Nc2ccccc2C(F)(F)F)cc1N=Nc1c(O)c(C(=O)Nc2ccc(NC(C)=O)cc2)cc2ccccc12. The van der Waals surface area contributed by atoms with Crippen LogP contribution in [0.2, 0.25) is 0 Å². The van der Waals surface area contributed by atoms with E-state index in [0.717, 1.165) is 12.1 Å². The number of methoxy groups -OCH3 is 1. The summed E-state index contributed by atoms with van der Waals surface area (Å²) in [5.74, 6) is -2.02. The molecule has 10 nitrogen and oxygen atoms in total. The number of nitrogens with one attached hydrogen (secondary N) is 3. The molecule has 0 radical (unpaired) electrons. The Morgan fingerprint density at radius 3 is 2.11 bits per heavy atom. The molecule has 238 valence electrons. The summed E-state index contributed by atoms with van der Waals surface area (Å²) in [6, 6.07) is 23.3. The molecule has 13 heteroatoms. The number of carbonyl (C=O) groups excluding carboxylic acids is 3. The molecule has 0 aromatic heterocycles. The second kappa shape index (κ2) is 13.4. The smallest absolute Gasteiger partial charge is 0.418 e. The van der Waals surface area contributed by atoms with Gasteiger partial charge in [-0.2, -0.15) is 13.2 Å². The molecular formula is C34H26F3N5O5. The van der Waals surface area contributed by atoms with Crippen LogP contribution < -0.4 is 20.7 Å². The Hall–Kier alpha value is -6.24. The number of hydrogen-bond acceptors (Lipinski definition) is 7. The third-order valence-corrected chi connectivity index (χ3v) is 6.88. The molecule has 4 N–H and O–H groups in total. The van der Waals surface area contributed by atoms with Crippen molar-refractivity contribution in [3.63, 3.8) is 0 Å². The van der Waals surface area contributed by atoms with E-state index in [1.165, 1.54) is 50.4 Å². The predicted octanol–water partition coefficient (Wildman–Crippen LogP) is 8.45. The van der Waals surface area contributed by atoms with Gasteiger partial charge in [0.2, 0.25) is 5.91 Å². The van der Waals surface area contributed by atoms with Gasteiger partial charge in [-0.25, -0.2) is 0 Å². The summed E-state index contributed by atoms with van der Waals surface area (Å²) >= 11 is 0. The van der Waals surface area contributed by atoms with Gasteiger partial charge in [0.25, 0.3) is 11.8 Å². The van der Waals surface area contributed by atoms with Crippen molar-refractivity contribution in [1.29, 1.82) is 0 Å². The summed E-state index contributed by atoms with van der Waals surface area (Å²) in [5, 5.41) is 28.3. The first-order valence-electron chi connectivity index (χ1n) is 14.0. The van der Waals surface area contributed by atoms with E-state index in [-0.39, 0.29) is 34.2 Å². The molecule has 0 unspecified atom stereocenters. The maximum atomic E-state index is 13.5. The van der Waals surface area contributed by atoms with E-state index >= 15 is 0 Å². The molecule has 0 aliphatic carbocycles. The number of phenols is 1.